The van der Waals surface area contributed by atoms with Gasteiger partial charge in [0.05, 0.1) is 6.61 Å². The van der Waals surface area contributed by atoms with E-state index < -0.39 is 67.3 Å². The molecule has 1 heterocycles. The number of carboxylic acid groups (broad SMARTS) is 1. The van der Waals surface area contributed by atoms with Gasteiger partial charge in [-0.1, -0.05) is 184 Å². The first-order valence-electron chi connectivity index (χ1n) is 29.3. The van der Waals surface area contributed by atoms with Crippen molar-refractivity contribution in [3.05, 3.63) is 60.8 Å². The van der Waals surface area contributed by atoms with Gasteiger partial charge in [0.25, 0.3) is 0 Å². The number of hydrogen-bond acceptors (Lipinski definition) is 11. The molecule has 0 aromatic rings. The number of carboxylic acids is 1. The molecule has 0 bridgehead atoms. The Morgan fingerprint density at radius 1 is 0.452 bits per heavy atom. The molecule has 0 radical (unpaired) electrons. The molecule has 1 saturated heterocycles. The predicted molar refractivity (Wildman–Crippen MR) is 294 cm³/mol. The lowest BCUT2D eigenvalue weighted by Crippen LogP contribution is -2.61. The number of allylic oxidation sites excluding steroid dienone is 10. The van der Waals surface area contributed by atoms with Crippen molar-refractivity contribution in [1.82, 2.24) is 0 Å². The van der Waals surface area contributed by atoms with Gasteiger partial charge in [-0.25, -0.2) is 4.79 Å². The van der Waals surface area contributed by atoms with Crippen LogP contribution >= 0.6 is 0 Å². The predicted octanol–water partition coefficient (Wildman–Crippen LogP) is 14.8. The van der Waals surface area contributed by atoms with Crippen LogP contribution in [0.3, 0.4) is 0 Å². The SMILES string of the molecule is CCCCC/C=C\C/C=C\CCCCCCCC(=O)OCC(COC1OC(C(=O)O)C(O)C(O)C1OC(=O)CCCCCCC/C=C\CCCCCC)OC(=O)CCCCCCC/C=C\C/C=C\CCCCC. The van der Waals surface area contributed by atoms with Crippen molar-refractivity contribution in [2.45, 2.75) is 289 Å². The third-order valence-corrected chi connectivity index (χ3v) is 13.0. The molecule has 0 aromatic carbocycles. The van der Waals surface area contributed by atoms with E-state index in [1.165, 1.54) is 64.2 Å². The Kier molecular flexibility index (Phi) is 45.5. The van der Waals surface area contributed by atoms with Crippen LogP contribution in [0.15, 0.2) is 60.8 Å². The van der Waals surface area contributed by atoms with Gasteiger partial charge in [0.1, 0.15) is 18.8 Å². The lowest BCUT2D eigenvalue weighted by Gasteiger charge is -2.40. The van der Waals surface area contributed by atoms with E-state index in [0.717, 1.165) is 128 Å². The van der Waals surface area contributed by atoms with Gasteiger partial charge in [0.15, 0.2) is 24.6 Å². The zero-order valence-electron chi connectivity index (χ0n) is 46.1. The fraction of sp³-hybridized carbons (Fsp3) is 0.770. The Hall–Kier alpha value is -3.58. The molecule has 420 valence electrons. The van der Waals surface area contributed by atoms with Gasteiger partial charge in [-0.2, -0.15) is 0 Å². The Morgan fingerprint density at radius 3 is 1.27 bits per heavy atom. The van der Waals surface area contributed by atoms with Gasteiger partial charge >= 0.3 is 23.9 Å². The maximum atomic E-state index is 13.1. The molecular weight excluding hydrogens is 925 g/mol. The molecule has 1 aliphatic heterocycles. The first kappa shape index (κ1) is 67.4. The molecule has 0 saturated carbocycles. The van der Waals surface area contributed by atoms with Gasteiger partial charge < -0.3 is 39.0 Å². The topological polar surface area (TPSA) is 175 Å². The molecule has 73 heavy (non-hydrogen) atoms. The monoisotopic (exact) mass is 1030 g/mol. The lowest BCUT2D eigenvalue weighted by molar-refractivity contribution is -0.301. The zero-order valence-corrected chi connectivity index (χ0v) is 46.1. The average molecular weight is 1030 g/mol. The van der Waals surface area contributed by atoms with Crippen LogP contribution in [0.1, 0.15) is 252 Å². The number of hydrogen-bond donors (Lipinski definition) is 3. The van der Waals surface area contributed by atoms with Gasteiger partial charge in [0, 0.05) is 19.3 Å². The Bertz CT molecular complexity index is 1500. The summed E-state index contributed by atoms with van der Waals surface area (Å²) >= 11 is 0. The number of ether oxygens (including phenoxy) is 5. The van der Waals surface area contributed by atoms with Crippen molar-refractivity contribution in [2.24, 2.45) is 0 Å². The number of aliphatic hydroxyl groups is 2. The first-order chi connectivity index (χ1) is 35.6. The van der Waals surface area contributed by atoms with Crippen LogP contribution in [0.2, 0.25) is 0 Å². The van der Waals surface area contributed by atoms with Crippen LogP contribution in [0, 0.1) is 0 Å². The van der Waals surface area contributed by atoms with E-state index in [1.807, 2.05) is 0 Å². The molecule has 12 heteroatoms. The van der Waals surface area contributed by atoms with Gasteiger partial charge in [-0.05, 0) is 109 Å². The van der Waals surface area contributed by atoms with Gasteiger partial charge in [-0.15, -0.1) is 0 Å². The van der Waals surface area contributed by atoms with E-state index in [2.05, 4.69) is 81.5 Å². The standard InChI is InChI=1S/C61H104O12/c1-4-7-10-13-16-19-22-25-27-30-32-35-38-41-44-47-53(62)69-50-52(71-54(63)48-45-42-39-36-34-31-28-26-23-20-17-14-11-8-5-2)51-70-61-59(57(66)56(65)58(73-61)60(67)68)72-55(64)49-46-43-40-37-33-29-24-21-18-15-12-9-6-3/h16-17,19-21,24-28,52,56-59,61,65-66H,4-15,18,22-23,29-51H2,1-3H3,(H,67,68)/b19-16-,20-17-,24-21-,27-25-,28-26-. The average Bonchev–Trinajstić information content (AvgIpc) is 3.37. The minimum atomic E-state index is -1.91. The van der Waals surface area contributed by atoms with Crippen molar-refractivity contribution in [2.75, 3.05) is 13.2 Å². The number of carbonyl (C=O) groups is 4. The smallest absolute Gasteiger partial charge is 0.335 e. The van der Waals surface area contributed by atoms with E-state index in [1.54, 1.807) is 0 Å². The van der Waals surface area contributed by atoms with Gasteiger partial charge in [0.2, 0.25) is 0 Å². The van der Waals surface area contributed by atoms with E-state index in [0.29, 0.717) is 19.3 Å². The van der Waals surface area contributed by atoms with Crippen LogP contribution in [-0.2, 0) is 42.9 Å². The van der Waals surface area contributed by atoms with Crippen LogP contribution in [0.4, 0.5) is 0 Å². The summed E-state index contributed by atoms with van der Waals surface area (Å²) in [6, 6.07) is 0. The summed E-state index contributed by atoms with van der Waals surface area (Å²) in [6.45, 7) is 5.89. The van der Waals surface area contributed by atoms with Crippen LogP contribution in [-0.4, -0.2) is 89.2 Å². The molecule has 1 rings (SSSR count). The second kappa shape index (κ2) is 49.3. The summed E-state index contributed by atoms with van der Waals surface area (Å²) < 4.78 is 28.4. The van der Waals surface area contributed by atoms with E-state index in [-0.39, 0.29) is 25.9 Å². The Labute approximate surface area is 443 Å². The van der Waals surface area contributed by atoms with Crippen molar-refractivity contribution in [3.8, 4) is 0 Å². The van der Waals surface area contributed by atoms with Gasteiger partial charge in [-0.3, -0.25) is 14.4 Å². The molecule has 1 aliphatic rings. The Balaban J connectivity index is 2.73. The van der Waals surface area contributed by atoms with E-state index in [9.17, 15) is 34.5 Å². The highest BCUT2D eigenvalue weighted by Crippen LogP contribution is 2.26. The number of aliphatic hydroxyl groups excluding tert-OH is 2. The summed E-state index contributed by atoms with van der Waals surface area (Å²) in [4.78, 5) is 51.1. The molecule has 1 fully saturated rings. The van der Waals surface area contributed by atoms with Crippen molar-refractivity contribution >= 4 is 23.9 Å². The summed E-state index contributed by atoms with van der Waals surface area (Å²) in [7, 11) is 0. The lowest BCUT2D eigenvalue weighted by atomic mass is 9.98. The minimum Gasteiger partial charge on any atom is -0.479 e. The number of rotatable bonds is 49. The second-order valence-corrected chi connectivity index (χ2v) is 19.9. The molecule has 0 spiro atoms. The molecule has 0 amide bonds. The minimum absolute atomic E-state index is 0.0468. The second-order valence-electron chi connectivity index (χ2n) is 19.9. The van der Waals surface area contributed by atoms with E-state index in [4.69, 9.17) is 23.7 Å². The largest absolute Gasteiger partial charge is 0.479 e. The zero-order chi connectivity index (χ0) is 53.3. The number of aliphatic carboxylic acids is 1. The quantitative estimate of drug-likeness (QED) is 0.0228. The van der Waals surface area contributed by atoms with E-state index >= 15 is 0 Å². The molecule has 0 aromatic heterocycles. The molecule has 6 atom stereocenters. The van der Waals surface area contributed by atoms with Crippen molar-refractivity contribution < 1.29 is 58.2 Å². The van der Waals surface area contributed by atoms with Crippen LogP contribution < -0.4 is 0 Å². The normalized spacial score (nSPS) is 18.7. The third kappa shape index (κ3) is 39.5. The summed E-state index contributed by atoms with van der Waals surface area (Å²) in [6.07, 6.45) is 47.6. The summed E-state index contributed by atoms with van der Waals surface area (Å²) in [5, 5.41) is 31.4. The highest BCUT2D eigenvalue weighted by Gasteiger charge is 2.50. The summed E-state index contributed by atoms with van der Waals surface area (Å²) in [5.74, 6) is -3.16. The molecule has 6 unspecified atom stereocenters. The molecular formula is C61H104O12. The highest BCUT2D eigenvalue weighted by atomic mass is 16.7. The number of unbranched alkanes of at least 4 members (excludes halogenated alkanes) is 25. The molecule has 0 aliphatic carbocycles. The van der Waals surface area contributed by atoms with Crippen molar-refractivity contribution in [1.29, 1.82) is 0 Å². The van der Waals surface area contributed by atoms with Crippen molar-refractivity contribution in [3.63, 3.8) is 0 Å². The molecule has 12 nitrogen and oxygen atoms in total. The van der Waals surface area contributed by atoms with Crippen LogP contribution in [0.5, 0.6) is 0 Å². The summed E-state index contributed by atoms with van der Waals surface area (Å²) in [5.41, 5.74) is 0. The Morgan fingerprint density at radius 2 is 0.822 bits per heavy atom. The first-order valence-corrected chi connectivity index (χ1v) is 29.3. The third-order valence-electron chi connectivity index (χ3n) is 13.0. The van der Waals surface area contributed by atoms with Crippen LogP contribution in [0.25, 0.3) is 0 Å². The number of esters is 3. The maximum absolute atomic E-state index is 13.1. The fourth-order valence-electron chi connectivity index (χ4n) is 8.48. The highest BCUT2D eigenvalue weighted by molar-refractivity contribution is 5.74. The fourth-order valence-corrected chi connectivity index (χ4v) is 8.48. The molecule has 3 N–H and O–H groups in total. The number of carbonyl (C=O) groups excluding carboxylic acids is 3. The maximum Gasteiger partial charge on any atom is 0.335 e.